The molecule has 1 aromatic heterocycles. The molecule has 1 heterocycles. The van der Waals surface area contributed by atoms with Gasteiger partial charge in [-0.05, 0) is 66.9 Å². The zero-order chi connectivity index (χ0) is 20.4. The van der Waals surface area contributed by atoms with Gasteiger partial charge in [0.05, 0.1) is 0 Å². The van der Waals surface area contributed by atoms with Crippen LogP contribution in [0.15, 0.2) is 42.5 Å². The predicted octanol–water partition coefficient (Wildman–Crippen LogP) is 2.77. The van der Waals surface area contributed by atoms with E-state index in [1.807, 2.05) is 0 Å². The van der Waals surface area contributed by atoms with Gasteiger partial charge < -0.3 is 10.6 Å². The first-order valence-corrected chi connectivity index (χ1v) is 9.23. The van der Waals surface area contributed by atoms with E-state index in [-0.39, 0.29) is 24.2 Å². The molecule has 1 aliphatic rings. The standard InChI is InChI=1S/C20H19FN6O2/c1-12-2-7-16(10-17(12)21)22-18(28)11-27-25-19(24-26-27)13-5-8-15(9-6-13)23-20(29)14-3-4-14/h2,5-10,14H,3-4,11H2,1H3,(H,22,28)(H,23,29). The van der Waals surface area contributed by atoms with E-state index in [4.69, 9.17) is 0 Å². The lowest BCUT2D eigenvalue weighted by molar-refractivity contribution is -0.118. The molecule has 8 nitrogen and oxygen atoms in total. The van der Waals surface area contributed by atoms with Crippen LogP contribution in [0.5, 0.6) is 0 Å². The molecule has 29 heavy (non-hydrogen) atoms. The van der Waals surface area contributed by atoms with Crippen molar-refractivity contribution >= 4 is 23.2 Å². The predicted molar refractivity (Wildman–Crippen MR) is 104 cm³/mol. The number of aryl methyl sites for hydroxylation is 1. The van der Waals surface area contributed by atoms with E-state index in [9.17, 15) is 14.0 Å². The van der Waals surface area contributed by atoms with E-state index in [0.29, 0.717) is 28.3 Å². The van der Waals surface area contributed by atoms with Gasteiger partial charge in [0.2, 0.25) is 17.6 Å². The van der Waals surface area contributed by atoms with Gasteiger partial charge in [0.1, 0.15) is 12.4 Å². The number of anilines is 2. The highest BCUT2D eigenvalue weighted by Crippen LogP contribution is 2.30. The Hall–Kier alpha value is -3.62. The van der Waals surface area contributed by atoms with Gasteiger partial charge in [-0.2, -0.15) is 4.80 Å². The molecular weight excluding hydrogens is 375 g/mol. The minimum Gasteiger partial charge on any atom is -0.326 e. The molecule has 148 valence electrons. The molecule has 0 spiro atoms. The van der Waals surface area contributed by atoms with Crippen molar-refractivity contribution < 1.29 is 14.0 Å². The number of nitrogens with one attached hydrogen (secondary N) is 2. The van der Waals surface area contributed by atoms with Crippen LogP contribution in [-0.2, 0) is 16.1 Å². The van der Waals surface area contributed by atoms with Crippen LogP contribution in [0, 0.1) is 18.7 Å². The number of rotatable bonds is 6. The Kier molecular flexibility index (Phi) is 5.03. The molecule has 0 saturated heterocycles. The third-order valence-electron chi connectivity index (χ3n) is 4.55. The molecule has 0 atom stereocenters. The maximum absolute atomic E-state index is 13.6. The molecule has 0 aliphatic heterocycles. The molecule has 1 saturated carbocycles. The Labute approximate surface area is 166 Å². The number of halogens is 1. The van der Waals surface area contributed by atoms with Crippen molar-refractivity contribution in [2.75, 3.05) is 10.6 Å². The number of amides is 2. The quantitative estimate of drug-likeness (QED) is 0.669. The van der Waals surface area contributed by atoms with Crippen molar-refractivity contribution in [3.05, 3.63) is 53.8 Å². The Bertz CT molecular complexity index is 1060. The van der Waals surface area contributed by atoms with Crippen molar-refractivity contribution in [3.63, 3.8) is 0 Å². The van der Waals surface area contributed by atoms with Gasteiger partial charge >= 0.3 is 0 Å². The molecule has 0 unspecified atom stereocenters. The highest BCUT2D eigenvalue weighted by molar-refractivity contribution is 5.94. The lowest BCUT2D eigenvalue weighted by atomic mass is 10.2. The fourth-order valence-corrected chi connectivity index (χ4v) is 2.72. The maximum Gasteiger partial charge on any atom is 0.248 e. The summed E-state index contributed by atoms with van der Waals surface area (Å²) in [6, 6.07) is 11.6. The highest BCUT2D eigenvalue weighted by atomic mass is 19.1. The number of hydrogen-bond donors (Lipinski definition) is 2. The van der Waals surface area contributed by atoms with Crippen molar-refractivity contribution in [1.82, 2.24) is 20.2 Å². The first kappa shape index (κ1) is 18.7. The van der Waals surface area contributed by atoms with Crippen molar-refractivity contribution in [2.24, 2.45) is 5.92 Å². The number of benzene rings is 2. The number of carbonyl (C=O) groups excluding carboxylic acids is 2. The van der Waals surface area contributed by atoms with Crippen molar-refractivity contribution in [2.45, 2.75) is 26.3 Å². The summed E-state index contributed by atoms with van der Waals surface area (Å²) >= 11 is 0. The van der Waals surface area contributed by atoms with E-state index >= 15 is 0 Å². The summed E-state index contributed by atoms with van der Waals surface area (Å²) in [5.74, 6) is -0.240. The van der Waals surface area contributed by atoms with Crippen LogP contribution in [0.2, 0.25) is 0 Å². The third kappa shape index (κ3) is 4.63. The van der Waals surface area contributed by atoms with Crippen LogP contribution >= 0.6 is 0 Å². The Morgan fingerprint density at radius 2 is 1.83 bits per heavy atom. The fraction of sp³-hybridized carbons (Fsp3) is 0.250. The summed E-state index contributed by atoms with van der Waals surface area (Å²) in [5, 5.41) is 17.5. The van der Waals surface area contributed by atoms with Gasteiger partial charge in [-0.25, -0.2) is 4.39 Å². The lowest BCUT2D eigenvalue weighted by Gasteiger charge is -2.05. The van der Waals surface area contributed by atoms with Gasteiger partial charge in [-0.1, -0.05) is 6.07 Å². The van der Waals surface area contributed by atoms with Crippen LogP contribution in [0.4, 0.5) is 15.8 Å². The molecule has 0 radical (unpaired) electrons. The summed E-state index contributed by atoms with van der Waals surface area (Å²) in [6.45, 7) is 1.49. The smallest absolute Gasteiger partial charge is 0.248 e. The van der Waals surface area contributed by atoms with E-state index in [1.54, 1.807) is 43.3 Å². The normalized spacial score (nSPS) is 13.2. The Morgan fingerprint density at radius 3 is 2.52 bits per heavy atom. The molecule has 1 aliphatic carbocycles. The van der Waals surface area contributed by atoms with Gasteiger partial charge in [0.15, 0.2) is 0 Å². The van der Waals surface area contributed by atoms with Gasteiger partial charge in [-0.15, -0.1) is 10.2 Å². The molecular formula is C20H19FN6O2. The molecule has 2 N–H and O–H groups in total. The average Bonchev–Trinajstić information content (AvgIpc) is 3.45. The number of nitrogens with zero attached hydrogens (tertiary/aromatic N) is 4. The van der Waals surface area contributed by atoms with Gasteiger partial charge in [-0.3, -0.25) is 9.59 Å². The number of aromatic nitrogens is 4. The molecule has 2 aromatic carbocycles. The van der Waals surface area contributed by atoms with Crippen LogP contribution < -0.4 is 10.6 Å². The number of carbonyl (C=O) groups is 2. The summed E-state index contributed by atoms with van der Waals surface area (Å²) in [7, 11) is 0. The maximum atomic E-state index is 13.6. The third-order valence-corrected chi connectivity index (χ3v) is 4.55. The number of tetrazole rings is 1. The lowest BCUT2D eigenvalue weighted by Crippen LogP contribution is -2.20. The van der Waals surface area contributed by atoms with Crippen LogP contribution in [0.1, 0.15) is 18.4 Å². The fourth-order valence-electron chi connectivity index (χ4n) is 2.72. The van der Waals surface area contributed by atoms with Crippen LogP contribution in [-0.4, -0.2) is 32.0 Å². The molecule has 3 aromatic rings. The zero-order valence-corrected chi connectivity index (χ0v) is 15.7. The largest absolute Gasteiger partial charge is 0.326 e. The number of hydrogen-bond acceptors (Lipinski definition) is 5. The van der Waals surface area contributed by atoms with Crippen LogP contribution in [0.25, 0.3) is 11.4 Å². The molecule has 2 amide bonds. The molecule has 9 heteroatoms. The minimum atomic E-state index is -0.393. The van der Waals surface area contributed by atoms with Gasteiger partial charge in [0.25, 0.3) is 0 Å². The second-order valence-corrected chi connectivity index (χ2v) is 7.00. The Morgan fingerprint density at radius 1 is 1.10 bits per heavy atom. The molecule has 1 fully saturated rings. The summed E-state index contributed by atoms with van der Waals surface area (Å²) < 4.78 is 13.6. The van der Waals surface area contributed by atoms with Crippen molar-refractivity contribution in [3.8, 4) is 11.4 Å². The monoisotopic (exact) mass is 394 g/mol. The summed E-state index contributed by atoms with van der Waals surface area (Å²) in [6.07, 6.45) is 1.90. The van der Waals surface area contributed by atoms with Crippen LogP contribution in [0.3, 0.4) is 0 Å². The summed E-state index contributed by atoms with van der Waals surface area (Å²) in [5.41, 5.74) is 2.29. The van der Waals surface area contributed by atoms with Gasteiger partial charge in [0, 0.05) is 22.9 Å². The average molecular weight is 394 g/mol. The molecule has 0 bridgehead atoms. The topological polar surface area (TPSA) is 102 Å². The van der Waals surface area contributed by atoms with E-state index < -0.39 is 5.91 Å². The highest BCUT2D eigenvalue weighted by Gasteiger charge is 2.29. The van der Waals surface area contributed by atoms with E-state index in [0.717, 1.165) is 17.6 Å². The molecule has 4 rings (SSSR count). The van der Waals surface area contributed by atoms with E-state index in [2.05, 4.69) is 26.0 Å². The minimum absolute atomic E-state index is 0.0429. The first-order valence-electron chi connectivity index (χ1n) is 9.23. The Balaban J connectivity index is 1.36. The van der Waals surface area contributed by atoms with Crippen molar-refractivity contribution in [1.29, 1.82) is 0 Å². The second kappa shape index (κ2) is 7.78. The zero-order valence-electron chi connectivity index (χ0n) is 15.7. The second-order valence-electron chi connectivity index (χ2n) is 7.00. The van der Waals surface area contributed by atoms with E-state index in [1.165, 1.54) is 6.07 Å². The summed E-state index contributed by atoms with van der Waals surface area (Å²) in [4.78, 5) is 25.1. The first-order chi connectivity index (χ1) is 14.0. The SMILES string of the molecule is Cc1ccc(NC(=O)Cn2nnc(-c3ccc(NC(=O)C4CC4)cc3)n2)cc1F.